The third-order valence-corrected chi connectivity index (χ3v) is 1.45. The van der Waals surface area contributed by atoms with Gasteiger partial charge in [-0.3, -0.25) is 4.99 Å². The van der Waals surface area contributed by atoms with Crippen molar-refractivity contribution in [3.05, 3.63) is 12.7 Å². The average Bonchev–Trinajstić information content (AvgIpc) is 1.83. The van der Waals surface area contributed by atoms with E-state index in [1.165, 1.54) is 11.8 Å². The maximum atomic E-state index is 5.32. The van der Waals surface area contributed by atoms with Crippen LogP contribution in [0.5, 0.6) is 0 Å². The molecule has 0 bridgehead atoms. The second kappa shape index (κ2) is 7.85. The van der Waals surface area contributed by atoms with E-state index in [-0.39, 0.29) is 12.4 Å². The van der Waals surface area contributed by atoms with Crippen LogP contribution in [0, 0.1) is 0 Å². The van der Waals surface area contributed by atoms with Gasteiger partial charge in [0.25, 0.3) is 0 Å². The van der Waals surface area contributed by atoms with E-state index in [0.717, 1.165) is 5.75 Å². The van der Waals surface area contributed by atoms with E-state index in [4.69, 9.17) is 5.73 Å². The Morgan fingerprint density at radius 2 is 2.44 bits per heavy atom. The van der Waals surface area contributed by atoms with Gasteiger partial charge in [-0.1, -0.05) is 17.8 Å². The second-order valence-electron chi connectivity index (χ2n) is 1.16. The van der Waals surface area contributed by atoms with Gasteiger partial charge in [-0.25, -0.2) is 0 Å². The van der Waals surface area contributed by atoms with Crippen LogP contribution in [0.15, 0.2) is 17.6 Å². The molecule has 0 saturated heterocycles. The Bertz CT molecular complexity index is 103. The highest BCUT2D eigenvalue weighted by atomic mass is 35.5. The quantitative estimate of drug-likeness (QED) is 0.381. The zero-order valence-electron chi connectivity index (χ0n) is 5.33. The minimum atomic E-state index is 0. The molecule has 0 aliphatic heterocycles. The molecule has 0 fully saturated rings. The molecule has 0 heterocycles. The summed E-state index contributed by atoms with van der Waals surface area (Å²) in [7, 11) is 1.67. The molecule has 0 amide bonds. The molecule has 0 aliphatic carbocycles. The molecule has 9 heavy (non-hydrogen) atoms. The van der Waals surface area contributed by atoms with Crippen molar-refractivity contribution in [3.63, 3.8) is 0 Å². The lowest BCUT2D eigenvalue weighted by molar-refractivity contribution is 1.44. The van der Waals surface area contributed by atoms with Crippen molar-refractivity contribution in [2.24, 2.45) is 10.7 Å². The first-order valence-corrected chi connectivity index (χ1v) is 3.25. The van der Waals surface area contributed by atoms with Crippen LogP contribution in [0.2, 0.25) is 0 Å². The molecule has 0 aromatic carbocycles. The van der Waals surface area contributed by atoms with Gasteiger partial charge in [-0.05, 0) is 0 Å². The molecule has 0 radical (unpaired) electrons. The minimum absolute atomic E-state index is 0. The van der Waals surface area contributed by atoms with Gasteiger partial charge in [0.05, 0.1) is 0 Å². The summed E-state index contributed by atoms with van der Waals surface area (Å²) in [4.78, 5) is 3.74. The van der Waals surface area contributed by atoms with E-state index in [2.05, 4.69) is 11.6 Å². The van der Waals surface area contributed by atoms with E-state index in [1.54, 1.807) is 13.1 Å². The van der Waals surface area contributed by atoms with Crippen molar-refractivity contribution < 1.29 is 0 Å². The topological polar surface area (TPSA) is 38.4 Å². The summed E-state index contributed by atoms with van der Waals surface area (Å²) < 4.78 is 0. The monoisotopic (exact) mass is 166 g/mol. The fourth-order valence-electron chi connectivity index (χ4n) is 0.209. The molecule has 4 heteroatoms. The smallest absolute Gasteiger partial charge is 0.153 e. The second-order valence-corrected chi connectivity index (χ2v) is 2.20. The van der Waals surface area contributed by atoms with E-state index in [0.29, 0.717) is 5.17 Å². The normalized spacial score (nSPS) is 10.1. The number of aliphatic imine (C=N–C) groups is 1. The van der Waals surface area contributed by atoms with Crippen molar-refractivity contribution in [2.75, 3.05) is 12.8 Å². The summed E-state index contributed by atoms with van der Waals surface area (Å²) in [5, 5.41) is 0.616. The molecule has 0 unspecified atom stereocenters. The summed E-state index contributed by atoms with van der Waals surface area (Å²) in [6.07, 6.45) is 1.79. The Morgan fingerprint density at radius 1 is 1.89 bits per heavy atom. The van der Waals surface area contributed by atoms with Crippen LogP contribution >= 0.6 is 24.2 Å². The van der Waals surface area contributed by atoms with Crippen LogP contribution in [0.3, 0.4) is 0 Å². The van der Waals surface area contributed by atoms with Gasteiger partial charge in [0.15, 0.2) is 5.17 Å². The zero-order valence-corrected chi connectivity index (χ0v) is 6.97. The summed E-state index contributed by atoms with van der Waals surface area (Å²) in [6, 6.07) is 0. The van der Waals surface area contributed by atoms with E-state index in [9.17, 15) is 0 Å². The Balaban J connectivity index is 0. The van der Waals surface area contributed by atoms with Crippen molar-refractivity contribution >= 4 is 29.3 Å². The first-order chi connectivity index (χ1) is 3.81. The van der Waals surface area contributed by atoms with Crippen LogP contribution in [0.1, 0.15) is 0 Å². The highest BCUT2D eigenvalue weighted by Gasteiger charge is 1.84. The van der Waals surface area contributed by atoms with E-state index in [1.807, 2.05) is 0 Å². The predicted molar refractivity (Wildman–Crippen MR) is 47.4 cm³/mol. The molecule has 0 aromatic heterocycles. The van der Waals surface area contributed by atoms with Gasteiger partial charge in [-0.2, -0.15) is 0 Å². The van der Waals surface area contributed by atoms with Crippen LogP contribution in [0.25, 0.3) is 0 Å². The van der Waals surface area contributed by atoms with Gasteiger partial charge in [0.2, 0.25) is 0 Å². The molecule has 2 N–H and O–H groups in total. The van der Waals surface area contributed by atoms with Crippen LogP contribution in [-0.2, 0) is 0 Å². The van der Waals surface area contributed by atoms with Gasteiger partial charge >= 0.3 is 0 Å². The SMILES string of the molecule is C=CCSC(N)=NC.Cl. The molecular formula is C5H11ClN2S. The van der Waals surface area contributed by atoms with Gasteiger partial charge in [-0.15, -0.1) is 19.0 Å². The van der Waals surface area contributed by atoms with Crippen molar-refractivity contribution in [1.29, 1.82) is 0 Å². The lowest BCUT2D eigenvalue weighted by Crippen LogP contribution is -2.05. The number of rotatable bonds is 2. The summed E-state index contributed by atoms with van der Waals surface area (Å²) >= 11 is 1.49. The van der Waals surface area contributed by atoms with Crippen LogP contribution in [0.4, 0.5) is 0 Å². The minimum Gasteiger partial charge on any atom is -0.379 e. The van der Waals surface area contributed by atoms with Gasteiger partial charge in [0.1, 0.15) is 0 Å². The molecule has 0 spiro atoms. The molecule has 0 atom stereocenters. The fraction of sp³-hybridized carbons (Fsp3) is 0.400. The maximum Gasteiger partial charge on any atom is 0.153 e. The maximum absolute atomic E-state index is 5.32. The Kier molecular flexibility index (Phi) is 10.1. The first-order valence-electron chi connectivity index (χ1n) is 2.27. The van der Waals surface area contributed by atoms with Gasteiger partial charge < -0.3 is 5.73 Å². The molecule has 0 aliphatic rings. The van der Waals surface area contributed by atoms with Crippen LogP contribution < -0.4 is 5.73 Å². The molecular weight excluding hydrogens is 156 g/mol. The summed E-state index contributed by atoms with van der Waals surface area (Å²) in [6.45, 7) is 3.54. The highest BCUT2D eigenvalue weighted by molar-refractivity contribution is 8.13. The van der Waals surface area contributed by atoms with E-state index >= 15 is 0 Å². The van der Waals surface area contributed by atoms with Crippen LogP contribution in [-0.4, -0.2) is 18.0 Å². The number of thioether (sulfide) groups is 1. The third kappa shape index (κ3) is 7.85. The van der Waals surface area contributed by atoms with Crippen molar-refractivity contribution in [3.8, 4) is 0 Å². The lowest BCUT2D eigenvalue weighted by atomic mass is 10.8. The van der Waals surface area contributed by atoms with Gasteiger partial charge in [0, 0.05) is 12.8 Å². The standard InChI is InChI=1S/C5H10N2S.ClH/c1-3-4-8-5(6)7-2;/h3H,1,4H2,2H3,(H2,6,7);1H. The fourth-order valence-corrected chi connectivity index (χ4v) is 0.627. The number of halogens is 1. The lowest BCUT2D eigenvalue weighted by Gasteiger charge is -1.91. The van der Waals surface area contributed by atoms with Crippen molar-refractivity contribution in [2.45, 2.75) is 0 Å². The number of hydrogen-bond donors (Lipinski definition) is 1. The molecule has 0 aromatic rings. The Morgan fingerprint density at radius 3 is 2.78 bits per heavy atom. The number of nitrogens with two attached hydrogens (primary N) is 1. The number of nitrogens with zero attached hydrogens (tertiary/aromatic N) is 1. The molecule has 0 rings (SSSR count). The number of amidine groups is 1. The first kappa shape index (κ1) is 11.6. The molecule has 54 valence electrons. The zero-order chi connectivity index (χ0) is 6.41. The average molecular weight is 167 g/mol. The highest BCUT2D eigenvalue weighted by Crippen LogP contribution is 1.97. The summed E-state index contributed by atoms with van der Waals surface area (Å²) in [5.74, 6) is 0.836. The molecule has 2 nitrogen and oxygen atoms in total. The van der Waals surface area contributed by atoms with Crippen molar-refractivity contribution in [1.82, 2.24) is 0 Å². The predicted octanol–water partition coefficient (Wildman–Crippen LogP) is 1.27. The number of hydrogen-bond acceptors (Lipinski definition) is 2. The Labute approximate surface area is 66.0 Å². The Hall–Kier alpha value is -0.150. The third-order valence-electron chi connectivity index (χ3n) is 0.569. The van der Waals surface area contributed by atoms with E-state index < -0.39 is 0 Å². The molecule has 0 saturated carbocycles. The summed E-state index contributed by atoms with van der Waals surface area (Å²) in [5.41, 5.74) is 5.32. The largest absolute Gasteiger partial charge is 0.379 e.